The van der Waals surface area contributed by atoms with Crippen molar-refractivity contribution in [2.75, 3.05) is 46.9 Å². The summed E-state index contributed by atoms with van der Waals surface area (Å²) in [5.74, 6) is -1.50. The first kappa shape index (κ1) is 49.1. The average molecular weight is 894 g/mol. The number of methoxy groups -OCH3 is 1. The maximum atomic E-state index is 14.4. The number of hydrogen-bond donors (Lipinski definition) is 4. The highest BCUT2D eigenvalue weighted by Crippen LogP contribution is 2.42. The SMILES string of the molecule is CCn1c(-c2cccnc2[C@H](C)OC)c(CC(C)(C)COC(C)=O)c2cc(-c3cc(O)cc(C[C@H](NC(=O)C(C(C)C)N(C)C(=O)[C@H]4CCCCNC4)C(=O)N4CCCCN4)c3)ccc21. The number of aromatic nitrogens is 2. The van der Waals surface area contributed by atoms with E-state index >= 15 is 0 Å². The second-order valence-electron chi connectivity index (χ2n) is 19.0. The van der Waals surface area contributed by atoms with Gasteiger partial charge in [0.15, 0.2) is 0 Å². The van der Waals surface area contributed by atoms with Crippen molar-refractivity contribution >= 4 is 34.6 Å². The Morgan fingerprint density at radius 3 is 2.48 bits per heavy atom. The number of ether oxygens (including phenoxy) is 2. The van der Waals surface area contributed by atoms with Crippen molar-refractivity contribution in [2.45, 2.75) is 118 Å². The summed E-state index contributed by atoms with van der Waals surface area (Å²) in [4.78, 5) is 60.9. The number of hydrogen-bond acceptors (Lipinski definition) is 10. The van der Waals surface area contributed by atoms with E-state index in [2.05, 4.69) is 59.6 Å². The number of amides is 3. The standard InChI is InChI=1S/C51H71N7O7/c1-10-57-44-19-18-36(28-41(44)42(29-51(6,7)31-65-34(5)59)47(57)40-17-15-21-53-45(40)33(4)64-9)38-24-35(25-39(60)27-38)26-43(50(63)58-23-14-13-22-54-58)55-48(61)46(32(2)3)56(8)49(62)37-16-11-12-20-52-30-37/h15,17-19,21,24-25,27-28,32-33,37,43,46,52,54,60H,10-14,16,20,22-23,26,29-31H2,1-9H3,(H,55,61)/t33-,37-,43-,46?/m0/s1. The van der Waals surface area contributed by atoms with E-state index in [1.165, 1.54) is 6.92 Å². The van der Waals surface area contributed by atoms with Crippen molar-refractivity contribution in [3.8, 4) is 28.1 Å². The van der Waals surface area contributed by atoms with Gasteiger partial charge in [0.1, 0.15) is 17.8 Å². The van der Waals surface area contributed by atoms with Crippen molar-refractivity contribution in [2.24, 2.45) is 17.3 Å². The van der Waals surface area contributed by atoms with E-state index in [0.717, 1.165) is 83.2 Å². The van der Waals surface area contributed by atoms with Crippen molar-refractivity contribution in [3.05, 3.63) is 71.5 Å². The molecule has 1 unspecified atom stereocenters. The number of likely N-dealkylation sites (N-methyl/N-ethyl adjacent to an activating group) is 1. The zero-order valence-corrected chi connectivity index (χ0v) is 40.0. The molecule has 4 aromatic rings. The number of phenolic OH excluding ortho intramolecular Hbond substituents is 1. The van der Waals surface area contributed by atoms with Crippen LogP contribution in [0.15, 0.2) is 54.7 Å². The molecule has 2 saturated heterocycles. The van der Waals surface area contributed by atoms with Crippen LogP contribution in [0.2, 0.25) is 0 Å². The lowest BCUT2D eigenvalue weighted by molar-refractivity contribution is -0.146. The third kappa shape index (κ3) is 11.8. The Morgan fingerprint density at radius 1 is 1.02 bits per heavy atom. The summed E-state index contributed by atoms with van der Waals surface area (Å²) in [6.45, 7) is 17.0. The maximum Gasteiger partial charge on any atom is 0.302 e. The molecule has 14 heteroatoms. The Labute approximate surface area is 384 Å². The number of nitrogens with one attached hydrogen (secondary N) is 3. The molecule has 2 aliphatic rings. The monoisotopic (exact) mass is 894 g/mol. The Bertz CT molecular complexity index is 2310. The van der Waals surface area contributed by atoms with E-state index in [0.29, 0.717) is 38.2 Å². The van der Waals surface area contributed by atoms with E-state index in [-0.39, 0.29) is 54.5 Å². The van der Waals surface area contributed by atoms with Crippen LogP contribution in [0.25, 0.3) is 33.3 Å². The number of carbonyl (C=O) groups is 4. The third-order valence-electron chi connectivity index (χ3n) is 12.9. The Kier molecular flexibility index (Phi) is 16.5. The lowest BCUT2D eigenvalue weighted by atomic mass is 9.84. The van der Waals surface area contributed by atoms with Gasteiger partial charge >= 0.3 is 5.97 Å². The number of carbonyl (C=O) groups excluding carboxylic acids is 4. The molecular weight excluding hydrogens is 823 g/mol. The molecule has 3 amide bonds. The van der Waals surface area contributed by atoms with Gasteiger partial charge < -0.3 is 34.7 Å². The molecular formula is C51H71N7O7. The largest absolute Gasteiger partial charge is 0.508 e. The lowest BCUT2D eigenvalue weighted by Gasteiger charge is -2.35. The summed E-state index contributed by atoms with van der Waals surface area (Å²) < 4.78 is 13.7. The third-order valence-corrected chi connectivity index (χ3v) is 12.9. The molecule has 2 aromatic carbocycles. The molecule has 2 fully saturated rings. The molecule has 2 aliphatic heterocycles. The number of benzene rings is 2. The fraction of sp³-hybridized carbons (Fsp3) is 0.549. The van der Waals surface area contributed by atoms with Crippen LogP contribution in [0, 0.1) is 17.3 Å². The van der Waals surface area contributed by atoms with Crippen LogP contribution in [0.3, 0.4) is 0 Å². The molecule has 4 heterocycles. The normalized spacial score (nSPS) is 17.3. The van der Waals surface area contributed by atoms with E-state index < -0.39 is 23.4 Å². The molecule has 2 aromatic heterocycles. The highest BCUT2D eigenvalue weighted by atomic mass is 16.5. The van der Waals surface area contributed by atoms with Gasteiger partial charge in [-0.15, -0.1) is 0 Å². The minimum absolute atomic E-state index is 0.0247. The quantitative estimate of drug-likeness (QED) is 0.0814. The fourth-order valence-corrected chi connectivity index (χ4v) is 9.60. The molecule has 4 N–H and O–H groups in total. The van der Waals surface area contributed by atoms with Gasteiger partial charge in [0.05, 0.1) is 30.0 Å². The number of aryl methyl sites for hydroxylation is 1. The van der Waals surface area contributed by atoms with E-state index in [9.17, 15) is 24.3 Å². The number of aromatic hydroxyl groups is 1. The zero-order chi connectivity index (χ0) is 47.0. The second kappa shape index (κ2) is 21.8. The van der Waals surface area contributed by atoms with Gasteiger partial charge in [-0.2, -0.15) is 0 Å². The van der Waals surface area contributed by atoms with Gasteiger partial charge in [-0.25, -0.2) is 5.43 Å². The number of esters is 1. The fourth-order valence-electron chi connectivity index (χ4n) is 9.60. The molecule has 0 aliphatic carbocycles. The summed E-state index contributed by atoms with van der Waals surface area (Å²) in [5, 5.41) is 20.4. The van der Waals surface area contributed by atoms with Crippen molar-refractivity contribution in [1.82, 2.24) is 35.5 Å². The number of fused-ring (bicyclic) bond motifs is 1. The Balaban J connectivity index is 1.40. The van der Waals surface area contributed by atoms with Crippen LogP contribution in [0.4, 0.5) is 0 Å². The van der Waals surface area contributed by atoms with Crippen molar-refractivity contribution in [1.29, 1.82) is 0 Å². The zero-order valence-electron chi connectivity index (χ0n) is 40.0. The lowest BCUT2D eigenvalue weighted by Crippen LogP contribution is -2.60. The first-order valence-corrected chi connectivity index (χ1v) is 23.5. The Hall–Kier alpha value is -5.31. The second-order valence-corrected chi connectivity index (χ2v) is 19.0. The minimum Gasteiger partial charge on any atom is -0.508 e. The van der Waals surface area contributed by atoms with E-state index in [1.807, 2.05) is 39.0 Å². The van der Waals surface area contributed by atoms with Crippen LogP contribution in [-0.4, -0.2) is 107 Å². The van der Waals surface area contributed by atoms with Crippen LogP contribution in [0.1, 0.15) is 103 Å². The van der Waals surface area contributed by atoms with Gasteiger partial charge in [-0.05, 0) is 117 Å². The van der Waals surface area contributed by atoms with Crippen LogP contribution < -0.4 is 16.1 Å². The van der Waals surface area contributed by atoms with Crippen LogP contribution >= 0.6 is 0 Å². The highest BCUT2D eigenvalue weighted by molar-refractivity contribution is 5.96. The number of nitrogens with zero attached hydrogens (tertiary/aromatic N) is 4. The van der Waals surface area contributed by atoms with Crippen molar-refractivity contribution < 1.29 is 33.8 Å². The van der Waals surface area contributed by atoms with Crippen molar-refractivity contribution in [3.63, 3.8) is 0 Å². The van der Waals surface area contributed by atoms with Gasteiger partial charge in [-0.1, -0.05) is 46.2 Å². The molecule has 65 heavy (non-hydrogen) atoms. The van der Waals surface area contributed by atoms with E-state index in [4.69, 9.17) is 14.5 Å². The maximum absolute atomic E-state index is 14.4. The van der Waals surface area contributed by atoms with Gasteiger partial charge in [0.25, 0.3) is 5.91 Å². The topological polar surface area (TPSA) is 167 Å². The summed E-state index contributed by atoms with van der Waals surface area (Å²) in [7, 11) is 3.37. The predicted octanol–water partition coefficient (Wildman–Crippen LogP) is 6.96. The smallest absolute Gasteiger partial charge is 0.302 e. The highest BCUT2D eigenvalue weighted by Gasteiger charge is 2.37. The minimum atomic E-state index is -0.982. The van der Waals surface area contributed by atoms with E-state index in [1.54, 1.807) is 42.4 Å². The molecule has 0 radical (unpaired) electrons. The van der Waals surface area contributed by atoms with Gasteiger partial charge in [0.2, 0.25) is 11.8 Å². The van der Waals surface area contributed by atoms with Crippen LogP contribution in [0.5, 0.6) is 5.75 Å². The number of pyridine rings is 1. The Morgan fingerprint density at radius 2 is 1.78 bits per heavy atom. The van der Waals surface area contributed by atoms with Gasteiger partial charge in [-0.3, -0.25) is 29.2 Å². The predicted molar refractivity (Wildman–Crippen MR) is 254 cm³/mol. The summed E-state index contributed by atoms with van der Waals surface area (Å²) in [6, 6.07) is 13.8. The molecule has 4 atom stereocenters. The summed E-state index contributed by atoms with van der Waals surface area (Å²) in [5.41, 5.74) is 9.90. The number of hydrazine groups is 1. The first-order chi connectivity index (χ1) is 31.0. The molecule has 14 nitrogen and oxygen atoms in total. The number of phenols is 1. The molecule has 0 saturated carbocycles. The molecule has 352 valence electrons. The summed E-state index contributed by atoms with van der Waals surface area (Å²) >= 11 is 0. The summed E-state index contributed by atoms with van der Waals surface area (Å²) in [6.07, 6.45) is 6.67. The van der Waals surface area contributed by atoms with Crippen LogP contribution in [-0.2, 0) is 48.0 Å². The van der Waals surface area contributed by atoms with Gasteiger partial charge in [0, 0.05) is 81.8 Å². The average Bonchev–Trinajstić information content (AvgIpc) is 3.39. The first-order valence-electron chi connectivity index (χ1n) is 23.5. The molecule has 0 bridgehead atoms. The molecule has 6 rings (SSSR count). The molecule has 0 spiro atoms. The number of rotatable bonds is 17.